The Morgan fingerprint density at radius 3 is 2.75 bits per heavy atom. The van der Waals surface area contributed by atoms with Gasteiger partial charge < -0.3 is 10.3 Å². The van der Waals surface area contributed by atoms with Crippen molar-refractivity contribution in [1.29, 1.82) is 0 Å². The molecule has 1 atom stereocenters. The molecule has 16 heavy (non-hydrogen) atoms. The number of nitrogens with zero attached hydrogens (tertiary/aromatic N) is 2. The molecular weight excluding hydrogens is 226 g/mol. The lowest BCUT2D eigenvalue weighted by Crippen LogP contribution is -2.03. The Labute approximate surface area is 98.4 Å². The highest BCUT2D eigenvalue weighted by atomic mass is 35.5. The summed E-state index contributed by atoms with van der Waals surface area (Å²) in [5, 5.41) is 3.57. The highest BCUT2D eigenvalue weighted by Gasteiger charge is 2.15. The smallest absolute Gasteiger partial charge is 0.245 e. The van der Waals surface area contributed by atoms with Crippen molar-refractivity contribution in [2.75, 3.05) is 6.54 Å². The molecule has 0 aliphatic rings. The van der Waals surface area contributed by atoms with E-state index in [4.69, 9.17) is 21.9 Å². The van der Waals surface area contributed by atoms with Gasteiger partial charge in [0.05, 0.1) is 0 Å². The molecule has 0 radical (unpaired) electrons. The average molecular weight is 238 g/mol. The van der Waals surface area contributed by atoms with Crippen LogP contribution in [0, 0.1) is 0 Å². The lowest BCUT2D eigenvalue weighted by Gasteiger charge is -1.99. The SMILES string of the molecule is NCCC(Cl)c1nc(-c2ccccc2)no1. The largest absolute Gasteiger partial charge is 0.337 e. The maximum Gasteiger partial charge on any atom is 0.245 e. The van der Waals surface area contributed by atoms with Crippen LogP contribution in [0.25, 0.3) is 11.4 Å². The molecule has 1 aromatic heterocycles. The van der Waals surface area contributed by atoms with Crippen LogP contribution in [0.2, 0.25) is 0 Å². The van der Waals surface area contributed by atoms with Gasteiger partial charge in [0, 0.05) is 5.56 Å². The number of nitrogens with two attached hydrogens (primary N) is 1. The van der Waals surface area contributed by atoms with Crippen molar-refractivity contribution in [2.45, 2.75) is 11.8 Å². The fourth-order valence-electron chi connectivity index (χ4n) is 1.34. The molecule has 1 aromatic carbocycles. The summed E-state index contributed by atoms with van der Waals surface area (Å²) in [6.45, 7) is 0.497. The Morgan fingerprint density at radius 2 is 2.06 bits per heavy atom. The molecule has 4 nitrogen and oxygen atoms in total. The molecule has 0 saturated heterocycles. The van der Waals surface area contributed by atoms with E-state index in [0.717, 1.165) is 5.56 Å². The Morgan fingerprint density at radius 1 is 1.31 bits per heavy atom. The molecule has 5 heteroatoms. The van der Waals surface area contributed by atoms with Crippen LogP contribution in [0.1, 0.15) is 17.7 Å². The maximum absolute atomic E-state index is 6.03. The molecule has 0 aliphatic carbocycles. The summed E-state index contributed by atoms with van der Waals surface area (Å²) in [6, 6.07) is 9.61. The van der Waals surface area contributed by atoms with Crippen LogP contribution in [0.3, 0.4) is 0 Å². The summed E-state index contributed by atoms with van der Waals surface area (Å²) in [4.78, 5) is 4.23. The van der Waals surface area contributed by atoms with Crippen LogP contribution < -0.4 is 5.73 Å². The van der Waals surface area contributed by atoms with Gasteiger partial charge in [-0.15, -0.1) is 11.6 Å². The highest BCUT2D eigenvalue weighted by Crippen LogP contribution is 2.24. The molecule has 1 heterocycles. The lowest BCUT2D eigenvalue weighted by molar-refractivity contribution is 0.372. The first-order valence-corrected chi connectivity index (χ1v) is 5.48. The van der Waals surface area contributed by atoms with E-state index in [2.05, 4.69) is 10.1 Å². The zero-order valence-electron chi connectivity index (χ0n) is 8.64. The standard InChI is InChI=1S/C11H12ClN3O/c12-9(6-7-13)11-14-10(15-16-11)8-4-2-1-3-5-8/h1-5,9H,6-7,13H2. The Balaban J connectivity index is 2.20. The van der Waals surface area contributed by atoms with E-state index in [0.29, 0.717) is 24.7 Å². The van der Waals surface area contributed by atoms with Crippen molar-refractivity contribution in [3.8, 4) is 11.4 Å². The van der Waals surface area contributed by atoms with Gasteiger partial charge >= 0.3 is 0 Å². The van der Waals surface area contributed by atoms with Gasteiger partial charge in [0.15, 0.2) is 0 Å². The van der Waals surface area contributed by atoms with Crippen molar-refractivity contribution in [3.63, 3.8) is 0 Å². The van der Waals surface area contributed by atoms with Gasteiger partial charge in [0.2, 0.25) is 11.7 Å². The monoisotopic (exact) mass is 237 g/mol. The Hall–Kier alpha value is -1.39. The summed E-state index contributed by atoms with van der Waals surface area (Å²) in [5.41, 5.74) is 6.32. The van der Waals surface area contributed by atoms with Crippen molar-refractivity contribution < 1.29 is 4.52 Å². The van der Waals surface area contributed by atoms with E-state index in [1.807, 2.05) is 30.3 Å². The fourth-order valence-corrected chi connectivity index (χ4v) is 1.55. The third-order valence-corrected chi connectivity index (χ3v) is 2.57. The predicted molar refractivity (Wildman–Crippen MR) is 62.0 cm³/mol. The summed E-state index contributed by atoms with van der Waals surface area (Å²) in [7, 11) is 0. The lowest BCUT2D eigenvalue weighted by atomic mass is 10.2. The first-order chi connectivity index (χ1) is 7.81. The molecular formula is C11H12ClN3O. The van der Waals surface area contributed by atoms with E-state index in [1.165, 1.54) is 0 Å². The second kappa shape index (κ2) is 5.09. The molecule has 0 saturated carbocycles. The number of alkyl halides is 1. The van der Waals surface area contributed by atoms with E-state index in [1.54, 1.807) is 0 Å². The zero-order valence-corrected chi connectivity index (χ0v) is 9.39. The number of halogens is 1. The van der Waals surface area contributed by atoms with Crippen LogP contribution in [-0.2, 0) is 0 Å². The molecule has 0 spiro atoms. The minimum atomic E-state index is -0.310. The van der Waals surface area contributed by atoms with Gasteiger partial charge in [-0.3, -0.25) is 0 Å². The number of rotatable bonds is 4. The first kappa shape index (κ1) is 11.1. The van der Waals surface area contributed by atoms with Crippen LogP contribution in [0.5, 0.6) is 0 Å². The molecule has 1 unspecified atom stereocenters. The van der Waals surface area contributed by atoms with Crippen LogP contribution in [0.4, 0.5) is 0 Å². The molecule has 0 bridgehead atoms. The molecule has 2 N–H and O–H groups in total. The Bertz CT molecular complexity index is 444. The van der Waals surface area contributed by atoms with Crippen molar-refractivity contribution in [2.24, 2.45) is 5.73 Å². The molecule has 0 aliphatic heterocycles. The van der Waals surface area contributed by atoms with Gasteiger partial charge in [-0.1, -0.05) is 35.5 Å². The van der Waals surface area contributed by atoms with Crippen molar-refractivity contribution >= 4 is 11.6 Å². The van der Waals surface area contributed by atoms with Gasteiger partial charge in [-0.25, -0.2) is 0 Å². The van der Waals surface area contributed by atoms with E-state index in [-0.39, 0.29) is 5.38 Å². The second-order valence-corrected chi connectivity index (χ2v) is 3.89. The second-order valence-electron chi connectivity index (χ2n) is 3.37. The Kier molecular flexibility index (Phi) is 3.54. The molecule has 0 amide bonds. The fraction of sp³-hybridized carbons (Fsp3) is 0.273. The van der Waals surface area contributed by atoms with E-state index >= 15 is 0 Å². The van der Waals surface area contributed by atoms with Crippen LogP contribution in [0.15, 0.2) is 34.9 Å². The average Bonchev–Trinajstić information content (AvgIpc) is 2.80. The summed E-state index contributed by atoms with van der Waals surface area (Å²) in [6.07, 6.45) is 0.623. The van der Waals surface area contributed by atoms with Gasteiger partial charge in [-0.2, -0.15) is 4.98 Å². The first-order valence-electron chi connectivity index (χ1n) is 5.04. The predicted octanol–water partition coefficient (Wildman–Crippen LogP) is 2.37. The minimum absolute atomic E-state index is 0.310. The molecule has 2 rings (SSSR count). The highest BCUT2D eigenvalue weighted by molar-refractivity contribution is 6.20. The van der Waals surface area contributed by atoms with E-state index in [9.17, 15) is 0 Å². The van der Waals surface area contributed by atoms with Crippen molar-refractivity contribution in [1.82, 2.24) is 10.1 Å². The zero-order chi connectivity index (χ0) is 11.4. The quantitative estimate of drug-likeness (QED) is 0.830. The summed E-state index contributed by atoms with van der Waals surface area (Å²) in [5.74, 6) is 0.976. The number of hydrogen-bond donors (Lipinski definition) is 1. The van der Waals surface area contributed by atoms with Gasteiger partial charge in [0.25, 0.3) is 0 Å². The number of benzene rings is 1. The molecule has 2 aromatic rings. The van der Waals surface area contributed by atoms with Gasteiger partial charge in [0.1, 0.15) is 5.38 Å². The maximum atomic E-state index is 6.03. The van der Waals surface area contributed by atoms with Gasteiger partial charge in [-0.05, 0) is 13.0 Å². The number of aromatic nitrogens is 2. The normalized spacial score (nSPS) is 12.6. The number of hydrogen-bond acceptors (Lipinski definition) is 4. The van der Waals surface area contributed by atoms with Crippen LogP contribution >= 0.6 is 11.6 Å². The van der Waals surface area contributed by atoms with E-state index < -0.39 is 0 Å². The summed E-state index contributed by atoms with van der Waals surface area (Å²) < 4.78 is 5.08. The summed E-state index contributed by atoms with van der Waals surface area (Å²) >= 11 is 6.03. The van der Waals surface area contributed by atoms with Crippen molar-refractivity contribution in [3.05, 3.63) is 36.2 Å². The third kappa shape index (κ3) is 2.40. The molecule has 84 valence electrons. The topological polar surface area (TPSA) is 64.9 Å². The molecule has 0 fully saturated rings. The van der Waals surface area contributed by atoms with Crippen LogP contribution in [-0.4, -0.2) is 16.7 Å². The minimum Gasteiger partial charge on any atom is -0.337 e. The third-order valence-electron chi connectivity index (χ3n) is 2.16.